The third-order valence-electron chi connectivity index (χ3n) is 2.92. The number of halogens is 2. The van der Waals surface area contributed by atoms with Crippen molar-refractivity contribution in [2.75, 3.05) is 18.8 Å². The van der Waals surface area contributed by atoms with Crippen molar-refractivity contribution in [3.05, 3.63) is 28.5 Å². The van der Waals surface area contributed by atoms with Crippen molar-refractivity contribution in [1.82, 2.24) is 4.31 Å². The molecule has 1 aromatic rings. The molecule has 0 spiro atoms. The van der Waals surface area contributed by atoms with Crippen LogP contribution in [0.2, 0.25) is 0 Å². The summed E-state index contributed by atoms with van der Waals surface area (Å²) in [5, 5.41) is 0. The van der Waals surface area contributed by atoms with E-state index in [0.29, 0.717) is 13.1 Å². The lowest BCUT2D eigenvalue weighted by atomic mass is 10.2. The Labute approximate surface area is 125 Å². The molecule has 0 aliphatic carbocycles. The van der Waals surface area contributed by atoms with Crippen LogP contribution in [0.15, 0.2) is 27.6 Å². The van der Waals surface area contributed by atoms with Gasteiger partial charge in [-0.3, -0.25) is 0 Å². The quantitative estimate of drug-likeness (QED) is 0.805. The average molecular weight is 368 g/mol. The molecule has 19 heavy (non-hydrogen) atoms. The van der Waals surface area contributed by atoms with Crippen LogP contribution >= 0.6 is 27.7 Å². The van der Waals surface area contributed by atoms with Gasteiger partial charge in [0.25, 0.3) is 0 Å². The zero-order valence-corrected chi connectivity index (χ0v) is 13.9. The van der Waals surface area contributed by atoms with Gasteiger partial charge in [0.15, 0.2) is 0 Å². The summed E-state index contributed by atoms with van der Waals surface area (Å²) in [6, 6.07) is 3.91. The minimum absolute atomic E-state index is 0.0101. The maximum atomic E-state index is 13.5. The lowest BCUT2D eigenvalue weighted by Crippen LogP contribution is -2.46. The molecule has 1 fully saturated rings. The van der Waals surface area contributed by atoms with E-state index in [1.807, 2.05) is 13.8 Å². The van der Waals surface area contributed by atoms with Crippen LogP contribution in [0.4, 0.5) is 4.39 Å². The number of sulfonamides is 1. The number of hydrogen-bond donors (Lipinski definition) is 0. The molecule has 0 aromatic heterocycles. The maximum absolute atomic E-state index is 13.5. The zero-order chi connectivity index (χ0) is 14.3. The van der Waals surface area contributed by atoms with E-state index in [-0.39, 0.29) is 14.1 Å². The summed E-state index contributed by atoms with van der Waals surface area (Å²) < 4.78 is 40.0. The first-order valence-electron chi connectivity index (χ1n) is 5.81. The van der Waals surface area contributed by atoms with Gasteiger partial charge in [0, 0.05) is 23.6 Å². The van der Waals surface area contributed by atoms with E-state index in [4.69, 9.17) is 0 Å². The highest BCUT2D eigenvalue weighted by atomic mass is 79.9. The van der Waals surface area contributed by atoms with Crippen molar-refractivity contribution >= 4 is 37.7 Å². The minimum Gasteiger partial charge on any atom is -0.207 e. The van der Waals surface area contributed by atoms with Crippen molar-refractivity contribution in [3.8, 4) is 0 Å². The van der Waals surface area contributed by atoms with Gasteiger partial charge < -0.3 is 0 Å². The number of thioether (sulfide) groups is 1. The average Bonchev–Trinajstić information content (AvgIpc) is 2.31. The number of hydrogen-bond acceptors (Lipinski definition) is 3. The SMILES string of the molecule is CC1(C)CN(S(=O)(=O)c2ccc(Br)c(F)c2)CCS1. The molecule has 0 saturated carbocycles. The Morgan fingerprint density at radius 1 is 1.42 bits per heavy atom. The lowest BCUT2D eigenvalue weighted by Gasteiger charge is -2.36. The van der Waals surface area contributed by atoms with Crippen molar-refractivity contribution in [2.45, 2.75) is 23.5 Å². The molecule has 0 atom stereocenters. The number of benzene rings is 1. The fourth-order valence-corrected chi connectivity index (χ4v) is 5.13. The molecule has 0 N–H and O–H groups in total. The standard InChI is InChI=1S/C12H15BrFNO2S2/c1-12(2)8-15(5-6-18-12)19(16,17)9-3-4-10(13)11(14)7-9/h3-4,7H,5-6,8H2,1-2H3. The summed E-state index contributed by atoms with van der Waals surface area (Å²) in [7, 11) is -3.61. The Bertz CT molecular complexity index is 589. The second kappa shape index (κ2) is 5.35. The number of nitrogens with zero attached hydrogens (tertiary/aromatic N) is 1. The highest BCUT2D eigenvalue weighted by Gasteiger charge is 2.34. The highest BCUT2D eigenvalue weighted by Crippen LogP contribution is 2.32. The first-order chi connectivity index (χ1) is 8.72. The predicted octanol–water partition coefficient (Wildman–Crippen LogP) is 3.10. The van der Waals surface area contributed by atoms with E-state index >= 15 is 0 Å². The monoisotopic (exact) mass is 367 g/mol. The lowest BCUT2D eigenvalue weighted by molar-refractivity contribution is 0.387. The third kappa shape index (κ3) is 3.32. The molecule has 1 heterocycles. The number of rotatable bonds is 2. The minimum atomic E-state index is -3.61. The van der Waals surface area contributed by atoms with Gasteiger partial charge in [-0.2, -0.15) is 16.1 Å². The highest BCUT2D eigenvalue weighted by molar-refractivity contribution is 9.10. The smallest absolute Gasteiger partial charge is 0.207 e. The van der Waals surface area contributed by atoms with Crippen molar-refractivity contribution in [1.29, 1.82) is 0 Å². The van der Waals surface area contributed by atoms with Crippen molar-refractivity contribution in [3.63, 3.8) is 0 Å². The normalized spacial score (nSPS) is 20.4. The summed E-state index contributed by atoms with van der Waals surface area (Å²) in [6.07, 6.45) is 0. The molecule has 1 aliphatic rings. The third-order valence-corrected chi connectivity index (χ3v) is 6.70. The summed E-state index contributed by atoms with van der Waals surface area (Å²) >= 11 is 4.78. The van der Waals surface area contributed by atoms with E-state index in [1.165, 1.54) is 16.4 Å². The van der Waals surface area contributed by atoms with Crippen LogP contribution in [-0.4, -0.2) is 36.3 Å². The molecule has 1 saturated heterocycles. The van der Waals surface area contributed by atoms with Crippen LogP contribution in [-0.2, 0) is 10.0 Å². The molecule has 2 rings (SSSR count). The van der Waals surface area contributed by atoms with Crippen LogP contribution in [0.1, 0.15) is 13.8 Å². The Kier molecular flexibility index (Phi) is 4.30. The maximum Gasteiger partial charge on any atom is 0.243 e. The van der Waals surface area contributed by atoms with Gasteiger partial charge in [-0.15, -0.1) is 0 Å². The molecule has 0 unspecified atom stereocenters. The Morgan fingerprint density at radius 3 is 2.68 bits per heavy atom. The van der Waals surface area contributed by atoms with Gasteiger partial charge in [-0.25, -0.2) is 12.8 Å². The van der Waals surface area contributed by atoms with Gasteiger partial charge in [-0.1, -0.05) is 0 Å². The predicted molar refractivity (Wildman–Crippen MR) is 79.4 cm³/mol. The second-order valence-electron chi connectivity index (χ2n) is 5.02. The van der Waals surface area contributed by atoms with E-state index < -0.39 is 15.8 Å². The largest absolute Gasteiger partial charge is 0.243 e. The van der Waals surface area contributed by atoms with Crippen LogP contribution < -0.4 is 0 Å². The summed E-state index contributed by atoms with van der Waals surface area (Å²) in [5.74, 6) is 0.192. The molecule has 1 aromatic carbocycles. The molecule has 0 amide bonds. The fourth-order valence-electron chi connectivity index (χ4n) is 1.96. The topological polar surface area (TPSA) is 37.4 Å². The summed E-state index contributed by atoms with van der Waals surface area (Å²) in [4.78, 5) is 0.0101. The van der Waals surface area contributed by atoms with Gasteiger partial charge in [0.05, 0.1) is 9.37 Å². The van der Waals surface area contributed by atoms with Gasteiger partial charge >= 0.3 is 0 Å². The molecule has 106 valence electrons. The van der Waals surface area contributed by atoms with Gasteiger partial charge in [0.1, 0.15) is 5.82 Å². The van der Waals surface area contributed by atoms with Crippen molar-refractivity contribution in [2.24, 2.45) is 0 Å². The molecule has 7 heteroatoms. The van der Waals surface area contributed by atoms with Crippen LogP contribution in [0.25, 0.3) is 0 Å². The van der Waals surface area contributed by atoms with E-state index in [9.17, 15) is 12.8 Å². The zero-order valence-electron chi connectivity index (χ0n) is 10.7. The van der Waals surface area contributed by atoms with Crippen molar-refractivity contribution < 1.29 is 12.8 Å². The van der Waals surface area contributed by atoms with Crippen LogP contribution in [0.3, 0.4) is 0 Å². The fraction of sp³-hybridized carbons (Fsp3) is 0.500. The van der Waals surface area contributed by atoms with Crippen LogP contribution in [0, 0.1) is 5.82 Å². The van der Waals surface area contributed by atoms with E-state index in [0.717, 1.165) is 11.8 Å². The molecule has 0 radical (unpaired) electrons. The van der Waals surface area contributed by atoms with Crippen LogP contribution in [0.5, 0.6) is 0 Å². The van der Waals surface area contributed by atoms with E-state index in [2.05, 4.69) is 15.9 Å². The summed E-state index contributed by atoms with van der Waals surface area (Å²) in [5.41, 5.74) is 0. The first kappa shape index (κ1) is 15.3. The first-order valence-corrected chi connectivity index (χ1v) is 9.03. The molecule has 1 aliphatic heterocycles. The Hall–Kier alpha value is -0.110. The Morgan fingerprint density at radius 2 is 2.11 bits per heavy atom. The van der Waals surface area contributed by atoms with Gasteiger partial charge in [-0.05, 0) is 48.0 Å². The summed E-state index contributed by atoms with van der Waals surface area (Å²) in [6.45, 7) is 4.94. The molecular weight excluding hydrogens is 353 g/mol. The Balaban J connectivity index is 2.34. The second-order valence-corrected chi connectivity index (χ2v) is 9.62. The molecular formula is C12H15BrFNO2S2. The van der Waals surface area contributed by atoms with E-state index in [1.54, 1.807) is 11.8 Å². The van der Waals surface area contributed by atoms with Gasteiger partial charge in [0.2, 0.25) is 10.0 Å². The molecule has 3 nitrogen and oxygen atoms in total. The molecule has 0 bridgehead atoms.